The highest BCUT2D eigenvalue weighted by Gasteiger charge is 1.97. The van der Waals surface area contributed by atoms with Crippen LogP contribution in [0.3, 0.4) is 0 Å². The van der Waals surface area contributed by atoms with E-state index in [9.17, 15) is 4.79 Å². The summed E-state index contributed by atoms with van der Waals surface area (Å²) in [5.74, 6) is -0.250. The molecule has 1 aromatic heterocycles. The van der Waals surface area contributed by atoms with Gasteiger partial charge in [0.2, 0.25) is 5.88 Å². The second-order valence-electron chi connectivity index (χ2n) is 1.26. The van der Waals surface area contributed by atoms with Crippen molar-refractivity contribution in [3.05, 3.63) is 12.0 Å². The number of nitrogens with zero attached hydrogens (tertiary/aromatic N) is 1. The monoisotopic (exact) mass is 112 g/mol. The lowest BCUT2D eigenvalue weighted by atomic mass is 10.5. The lowest BCUT2D eigenvalue weighted by Crippen LogP contribution is -1.76. The second kappa shape index (κ2) is 1.65. The Morgan fingerprint density at radius 2 is 2.62 bits per heavy atom. The minimum atomic E-state index is -0.250. The van der Waals surface area contributed by atoms with Crippen LogP contribution >= 0.6 is 0 Å². The maximum absolute atomic E-state index is 9.86. The zero-order chi connectivity index (χ0) is 5.98. The van der Waals surface area contributed by atoms with Gasteiger partial charge in [0.1, 0.15) is 5.69 Å². The van der Waals surface area contributed by atoms with Crippen LogP contribution in [0.25, 0.3) is 0 Å². The van der Waals surface area contributed by atoms with Crippen molar-refractivity contribution in [2.75, 3.05) is 0 Å². The minimum absolute atomic E-state index is 0.116. The molecule has 0 aliphatic rings. The summed E-state index contributed by atoms with van der Waals surface area (Å²) in [6.07, 6.45) is 1.75. The van der Waals surface area contributed by atoms with Gasteiger partial charge in [0.05, 0.1) is 6.33 Å². The fraction of sp³-hybridized carbons (Fsp3) is 0. The molecule has 0 amide bonds. The van der Waals surface area contributed by atoms with Crippen molar-refractivity contribution in [2.24, 2.45) is 0 Å². The van der Waals surface area contributed by atoms with Crippen molar-refractivity contribution >= 4 is 6.29 Å². The number of H-pyrrole nitrogens is 1. The van der Waals surface area contributed by atoms with Gasteiger partial charge >= 0.3 is 0 Å². The number of imidazole rings is 1. The zero-order valence-electron chi connectivity index (χ0n) is 3.96. The normalized spacial score (nSPS) is 9.00. The van der Waals surface area contributed by atoms with Crippen molar-refractivity contribution in [3.8, 4) is 5.88 Å². The average Bonchev–Trinajstić information content (AvgIpc) is 2.14. The lowest BCUT2D eigenvalue weighted by Gasteiger charge is -1.77. The standard InChI is InChI=1S/C4H4N2O2/c7-1-3-4(8)6-2-5-3/h1-2,8H,(H,5,6). The molecule has 42 valence electrons. The molecule has 2 N–H and O–H groups in total. The van der Waals surface area contributed by atoms with Crippen LogP contribution in [0.15, 0.2) is 6.33 Å². The summed E-state index contributed by atoms with van der Waals surface area (Å²) in [4.78, 5) is 15.6. The van der Waals surface area contributed by atoms with E-state index in [0.29, 0.717) is 6.29 Å². The molecule has 4 nitrogen and oxygen atoms in total. The molecule has 0 saturated carbocycles. The van der Waals surface area contributed by atoms with Crippen molar-refractivity contribution in [1.82, 2.24) is 9.97 Å². The SMILES string of the molecule is O=Cc1[nH]cnc1O. The van der Waals surface area contributed by atoms with Crippen molar-refractivity contribution in [1.29, 1.82) is 0 Å². The topological polar surface area (TPSA) is 66.0 Å². The molecule has 0 unspecified atom stereocenters. The first kappa shape index (κ1) is 4.83. The Kier molecular flexibility index (Phi) is 0.997. The third-order valence-electron chi connectivity index (χ3n) is 0.766. The van der Waals surface area contributed by atoms with E-state index in [1.807, 2.05) is 0 Å². The third kappa shape index (κ3) is 0.556. The van der Waals surface area contributed by atoms with E-state index in [1.54, 1.807) is 0 Å². The predicted molar refractivity (Wildman–Crippen MR) is 25.6 cm³/mol. The maximum atomic E-state index is 9.86. The summed E-state index contributed by atoms with van der Waals surface area (Å²) in [5, 5.41) is 8.58. The first-order valence-electron chi connectivity index (χ1n) is 2.02. The molecule has 1 heterocycles. The van der Waals surface area contributed by atoms with Crippen LogP contribution in [-0.2, 0) is 0 Å². The Bertz CT molecular complexity index is 194. The van der Waals surface area contributed by atoms with Gasteiger partial charge in [-0.1, -0.05) is 0 Å². The maximum Gasteiger partial charge on any atom is 0.240 e. The Hall–Kier alpha value is -1.32. The molecule has 8 heavy (non-hydrogen) atoms. The molecule has 0 radical (unpaired) electrons. The first-order valence-corrected chi connectivity index (χ1v) is 2.02. The molecule has 0 bridgehead atoms. The molecule has 0 aliphatic carbocycles. The molecule has 0 atom stereocenters. The van der Waals surface area contributed by atoms with Crippen molar-refractivity contribution in [3.63, 3.8) is 0 Å². The number of aromatic hydroxyl groups is 1. The van der Waals surface area contributed by atoms with Gasteiger partial charge in [-0.2, -0.15) is 0 Å². The molecule has 0 aliphatic heterocycles. The summed E-state index contributed by atoms with van der Waals surface area (Å²) in [6.45, 7) is 0. The van der Waals surface area contributed by atoms with Gasteiger partial charge in [0.15, 0.2) is 6.29 Å². The van der Waals surface area contributed by atoms with Crippen LogP contribution in [0.1, 0.15) is 10.5 Å². The van der Waals surface area contributed by atoms with E-state index in [4.69, 9.17) is 5.11 Å². The Morgan fingerprint density at radius 1 is 1.88 bits per heavy atom. The number of carbonyl (C=O) groups is 1. The van der Waals surface area contributed by atoms with Gasteiger partial charge in [-0.05, 0) is 0 Å². The van der Waals surface area contributed by atoms with Crippen LogP contribution < -0.4 is 0 Å². The number of aromatic nitrogens is 2. The summed E-state index contributed by atoms with van der Waals surface area (Å²) in [7, 11) is 0. The smallest absolute Gasteiger partial charge is 0.240 e. The molecular weight excluding hydrogens is 108 g/mol. The minimum Gasteiger partial charge on any atom is -0.492 e. The Morgan fingerprint density at radius 3 is 2.88 bits per heavy atom. The zero-order valence-corrected chi connectivity index (χ0v) is 3.96. The highest BCUT2D eigenvalue weighted by Crippen LogP contribution is 2.04. The van der Waals surface area contributed by atoms with E-state index < -0.39 is 0 Å². The molecule has 0 spiro atoms. The summed E-state index contributed by atoms with van der Waals surface area (Å²) < 4.78 is 0. The highest BCUT2D eigenvalue weighted by atomic mass is 16.3. The van der Waals surface area contributed by atoms with Gasteiger partial charge in [0.25, 0.3) is 0 Å². The Labute approximate surface area is 45.2 Å². The number of hydrogen-bond donors (Lipinski definition) is 2. The van der Waals surface area contributed by atoms with Crippen LogP contribution in [0.5, 0.6) is 5.88 Å². The molecule has 0 aromatic carbocycles. The number of aromatic amines is 1. The fourth-order valence-corrected chi connectivity index (χ4v) is 0.384. The largest absolute Gasteiger partial charge is 0.492 e. The van der Waals surface area contributed by atoms with E-state index in [-0.39, 0.29) is 11.6 Å². The quantitative estimate of drug-likeness (QED) is 0.499. The van der Waals surface area contributed by atoms with Crippen LogP contribution in [0.2, 0.25) is 0 Å². The second-order valence-corrected chi connectivity index (χ2v) is 1.26. The van der Waals surface area contributed by atoms with Gasteiger partial charge in [-0.25, -0.2) is 4.98 Å². The number of carbonyl (C=O) groups excluding carboxylic acids is 1. The van der Waals surface area contributed by atoms with Gasteiger partial charge in [-0.3, -0.25) is 4.79 Å². The number of rotatable bonds is 1. The highest BCUT2D eigenvalue weighted by molar-refractivity contribution is 5.74. The predicted octanol–water partition coefficient (Wildman–Crippen LogP) is -0.0722. The van der Waals surface area contributed by atoms with E-state index in [2.05, 4.69) is 9.97 Å². The number of hydrogen-bond acceptors (Lipinski definition) is 3. The van der Waals surface area contributed by atoms with E-state index in [1.165, 1.54) is 6.33 Å². The lowest BCUT2D eigenvalue weighted by molar-refractivity contribution is 0.111. The fourth-order valence-electron chi connectivity index (χ4n) is 0.384. The Balaban J connectivity index is 3.09. The molecule has 0 fully saturated rings. The molecular formula is C4H4N2O2. The third-order valence-corrected chi connectivity index (χ3v) is 0.766. The van der Waals surface area contributed by atoms with Crippen LogP contribution in [0, 0.1) is 0 Å². The van der Waals surface area contributed by atoms with Crippen molar-refractivity contribution < 1.29 is 9.90 Å². The van der Waals surface area contributed by atoms with E-state index in [0.717, 1.165) is 0 Å². The van der Waals surface area contributed by atoms with Gasteiger partial charge < -0.3 is 10.1 Å². The van der Waals surface area contributed by atoms with Gasteiger partial charge in [0, 0.05) is 0 Å². The number of aldehydes is 1. The molecule has 1 rings (SSSR count). The first-order chi connectivity index (χ1) is 3.84. The molecule has 4 heteroatoms. The number of nitrogens with one attached hydrogen (secondary N) is 1. The molecule has 0 saturated heterocycles. The summed E-state index contributed by atoms with van der Waals surface area (Å²) >= 11 is 0. The summed E-state index contributed by atoms with van der Waals surface area (Å²) in [5.41, 5.74) is 0.116. The van der Waals surface area contributed by atoms with Crippen molar-refractivity contribution in [2.45, 2.75) is 0 Å². The van der Waals surface area contributed by atoms with Crippen LogP contribution in [0.4, 0.5) is 0 Å². The van der Waals surface area contributed by atoms with Gasteiger partial charge in [-0.15, -0.1) is 0 Å². The summed E-state index contributed by atoms with van der Waals surface area (Å²) in [6, 6.07) is 0. The molecule has 1 aromatic rings. The van der Waals surface area contributed by atoms with Crippen LogP contribution in [-0.4, -0.2) is 21.4 Å². The van der Waals surface area contributed by atoms with E-state index >= 15 is 0 Å². The average molecular weight is 112 g/mol.